The molecule has 1 heterocycles. The Balaban J connectivity index is 2.02. The van der Waals surface area contributed by atoms with Gasteiger partial charge in [0.15, 0.2) is 0 Å². The summed E-state index contributed by atoms with van der Waals surface area (Å²) in [4.78, 5) is 0. The zero-order chi connectivity index (χ0) is 8.60. The molecule has 2 aliphatic rings. The van der Waals surface area contributed by atoms with Gasteiger partial charge in [0, 0.05) is 32.6 Å². The van der Waals surface area contributed by atoms with Crippen LogP contribution >= 0.6 is 0 Å². The summed E-state index contributed by atoms with van der Waals surface area (Å²) in [7, 11) is 1.76. The predicted octanol–water partition coefficient (Wildman–Crippen LogP) is 0.529. The lowest BCUT2D eigenvalue weighted by molar-refractivity contribution is -0.224. The molecule has 2 fully saturated rings. The fourth-order valence-corrected chi connectivity index (χ4v) is 2.53. The Morgan fingerprint density at radius 2 is 2.50 bits per heavy atom. The Labute approximate surface area is 73.2 Å². The SMILES string of the molecule is COC1(CN)CC2OCCCC21. The van der Waals surface area contributed by atoms with Crippen molar-refractivity contribution in [3.8, 4) is 0 Å². The molecule has 3 unspecified atom stereocenters. The number of hydrogen-bond acceptors (Lipinski definition) is 3. The van der Waals surface area contributed by atoms with Gasteiger partial charge in [-0.05, 0) is 12.8 Å². The highest BCUT2D eigenvalue weighted by molar-refractivity contribution is 5.06. The van der Waals surface area contributed by atoms with Gasteiger partial charge in [-0.2, -0.15) is 0 Å². The number of rotatable bonds is 2. The Hall–Kier alpha value is -0.120. The van der Waals surface area contributed by atoms with E-state index in [1.54, 1.807) is 7.11 Å². The Kier molecular flexibility index (Phi) is 2.10. The number of ether oxygens (including phenoxy) is 2. The molecule has 3 heteroatoms. The van der Waals surface area contributed by atoms with Gasteiger partial charge in [0.2, 0.25) is 0 Å². The second kappa shape index (κ2) is 2.98. The van der Waals surface area contributed by atoms with Crippen LogP contribution in [0.5, 0.6) is 0 Å². The van der Waals surface area contributed by atoms with E-state index in [0.29, 0.717) is 18.6 Å². The first-order valence-electron chi connectivity index (χ1n) is 4.69. The van der Waals surface area contributed by atoms with E-state index in [4.69, 9.17) is 15.2 Å². The fraction of sp³-hybridized carbons (Fsp3) is 1.00. The zero-order valence-corrected chi connectivity index (χ0v) is 7.58. The average Bonchev–Trinajstić information content (AvgIpc) is 2.09. The summed E-state index contributed by atoms with van der Waals surface area (Å²) in [5, 5.41) is 0. The van der Waals surface area contributed by atoms with Gasteiger partial charge in [-0.3, -0.25) is 0 Å². The Morgan fingerprint density at radius 3 is 3.08 bits per heavy atom. The van der Waals surface area contributed by atoms with E-state index in [2.05, 4.69) is 0 Å². The van der Waals surface area contributed by atoms with Crippen molar-refractivity contribution in [1.82, 2.24) is 0 Å². The quantitative estimate of drug-likeness (QED) is 0.659. The van der Waals surface area contributed by atoms with Crippen LogP contribution in [-0.2, 0) is 9.47 Å². The molecule has 1 aliphatic heterocycles. The van der Waals surface area contributed by atoms with E-state index in [1.165, 1.54) is 6.42 Å². The summed E-state index contributed by atoms with van der Waals surface area (Å²) < 4.78 is 11.1. The lowest BCUT2D eigenvalue weighted by atomic mass is 9.64. The highest BCUT2D eigenvalue weighted by Gasteiger charge is 2.54. The normalized spacial score (nSPS) is 46.5. The second-order valence-electron chi connectivity index (χ2n) is 3.84. The maximum absolute atomic E-state index is 5.71. The topological polar surface area (TPSA) is 44.5 Å². The first-order valence-corrected chi connectivity index (χ1v) is 4.69. The minimum absolute atomic E-state index is 0.0505. The maximum atomic E-state index is 5.71. The van der Waals surface area contributed by atoms with E-state index in [1.807, 2.05) is 0 Å². The monoisotopic (exact) mass is 171 g/mol. The summed E-state index contributed by atoms with van der Waals surface area (Å²) in [6.07, 6.45) is 3.80. The number of nitrogens with two attached hydrogens (primary N) is 1. The lowest BCUT2D eigenvalue weighted by Crippen LogP contribution is -2.64. The van der Waals surface area contributed by atoms with Crippen molar-refractivity contribution < 1.29 is 9.47 Å². The molecular weight excluding hydrogens is 154 g/mol. The van der Waals surface area contributed by atoms with Gasteiger partial charge < -0.3 is 15.2 Å². The van der Waals surface area contributed by atoms with Crippen molar-refractivity contribution >= 4 is 0 Å². The molecule has 12 heavy (non-hydrogen) atoms. The fourth-order valence-electron chi connectivity index (χ4n) is 2.53. The van der Waals surface area contributed by atoms with Crippen molar-refractivity contribution in [1.29, 1.82) is 0 Å². The van der Waals surface area contributed by atoms with Gasteiger partial charge in [-0.25, -0.2) is 0 Å². The summed E-state index contributed by atoms with van der Waals surface area (Å²) in [6, 6.07) is 0. The van der Waals surface area contributed by atoms with Crippen LogP contribution in [-0.4, -0.2) is 32.0 Å². The van der Waals surface area contributed by atoms with Gasteiger partial charge >= 0.3 is 0 Å². The molecule has 1 saturated heterocycles. The second-order valence-corrected chi connectivity index (χ2v) is 3.84. The minimum Gasteiger partial charge on any atom is -0.378 e. The molecule has 1 saturated carbocycles. The van der Waals surface area contributed by atoms with E-state index >= 15 is 0 Å². The van der Waals surface area contributed by atoms with Gasteiger partial charge in [-0.1, -0.05) is 0 Å². The zero-order valence-electron chi connectivity index (χ0n) is 7.58. The number of hydrogen-bond donors (Lipinski definition) is 1. The van der Waals surface area contributed by atoms with Crippen LogP contribution in [0, 0.1) is 5.92 Å². The van der Waals surface area contributed by atoms with Gasteiger partial charge in [0.25, 0.3) is 0 Å². The van der Waals surface area contributed by atoms with Crippen LogP contribution in [0.2, 0.25) is 0 Å². The summed E-state index contributed by atoms with van der Waals surface area (Å²) >= 11 is 0. The molecule has 2 rings (SSSR count). The third-order valence-electron chi connectivity index (χ3n) is 3.41. The molecule has 70 valence electrons. The average molecular weight is 171 g/mol. The van der Waals surface area contributed by atoms with E-state index < -0.39 is 0 Å². The van der Waals surface area contributed by atoms with E-state index in [0.717, 1.165) is 19.4 Å². The molecule has 3 nitrogen and oxygen atoms in total. The van der Waals surface area contributed by atoms with Crippen LogP contribution in [0.15, 0.2) is 0 Å². The number of methoxy groups -OCH3 is 1. The molecule has 0 aromatic rings. The standard InChI is InChI=1S/C9H17NO2/c1-11-9(6-10)5-8-7(9)3-2-4-12-8/h7-8H,2-6,10H2,1H3. The molecular formula is C9H17NO2. The van der Waals surface area contributed by atoms with Crippen LogP contribution < -0.4 is 5.73 Å². The highest BCUT2D eigenvalue weighted by Crippen LogP contribution is 2.47. The van der Waals surface area contributed by atoms with Gasteiger partial charge in [0.1, 0.15) is 0 Å². The van der Waals surface area contributed by atoms with Crippen molar-refractivity contribution in [2.75, 3.05) is 20.3 Å². The summed E-state index contributed by atoms with van der Waals surface area (Å²) in [6.45, 7) is 1.56. The first kappa shape index (κ1) is 8.48. The molecule has 0 radical (unpaired) electrons. The number of fused-ring (bicyclic) bond motifs is 1. The summed E-state index contributed by atoms with van der Waals surface area (Å²) in [5.41, 5.74) is 5.66. The molecule has 0 bridgehead atoms. The highest BCUT2D eigenvalue weighted by atomic mass is 16.5. The minimum atomic E-state index is -0.0505. The molecule has 0 spiro atoms. The van der Waals surface area contributed by atoms with Crippen molar-refractivity contribution in [3.63, 3.8) is 0 Å². The molecule has 2 N–H and O–H groups in total. The van der Waals surface area contributed by atoms with E-state index in [-0.39, 0.29) is 5.60 Å². The molecule has 3 atom stereocenters. The van der Waals surface area contributed by atoms with Crippen LogP contribution in [0.25, 0.3) is 0 Å². The van der Waals surface area contributed by atoms with Crippen molar-refractivity contribution in [2.24, 2.45) is 11.7 Å². The first-order chi connectivity index (χ1) is 5.82. The predicted molar refractivity (Wildman–Crippen MR) is 45.9 cm³/mol. The van der Waals surface area contributed by atoms with Crippen LogP contribution in [0.4, 0.5) is 0 Å². The third-order valence-corrected chi connectivity index (χ3v) is 3.41. The Bertz CT molecular complexity index is 168. The largest absolute Gasteiger partial charge is 0.378 e. The smallest absolute Gasteiger partial charge is 0.0877 e. The van der Waals surface area contributed by atoms with Crippen LogP contribution in [0.3, 0.4) is 0 Å². The molecule has 0 aromatic heterocycles. The Morgan fingerprint density at radius 1 is 1.67 bits per heavy atom. The lowest BCUT2D eigenvalue weighted by Gasteiger charge is -2.55. The molecule has 0 aromatic carbocycles. The van der Waals surface area contributed by atoms with Crippen molar-refractivity contribution in [3.05, 3.63) is 0 Å². The third kappa shape index (κ3) is 1.00. The van der Waals surface area contributed by atoms with Gasteiger partial charge in [-0.15, -0.1) is 0 Å². The molecule has 0 amide bonds. The maximum Gasteiger partial charge on any atom is 0.0877 e. The van der Waals surface area contributed by atoms with Gasteiger partial charge in [0.05, 0.1) is 11.7 Å². The van der Waals surface area contributed by atoms with Crippen LogP contribution in [0.1, 0.15) is 19.3 Å². The molecule has 1 aliphatic carbocycles. The van der Waals surface area contributed by atoms with Crippen molar-refractivity contribution in [2.45, 2.75) is 31.0 Å². The summed E-state index contributed by atoms with van der Waals surface area (Å²) in [5.74, 6) is 0.557. The van der Waals surface area contributed by atoms with E-state index in [9.17, 15) is 0 Å².